The molecule has 2 amide bonds. The highest BCUT2D eigenvalue weighted by Gasteiger charge is 2.48. The van der Waals surface area contributed by atoms with E-state index < -0.39 is 12.1 Å². The van der Waals surface area contributed by atoms with Gasteiger partial charge in [-0.15, -0.1) is 11.3 Å². The van der Waals surface area contributed by atoms with Crippen molar-refractivity contribution in [1.29, 1.82) is 0 Å². The average molecular weight is 371 g/mol. The Labute approximate surface area is 156 Å². The smallest absolute Gasteiger partial charge is 0.254 e. The van der Waals surface area contributed by atoms with Gasteiger partial charge in [-0.25, -0.2) is 0 Å². The summed E-state index contributed by atoms with van der Waals surface area (Å²) in [5, 5.41) is 2.00. The first-order valence-corrected chi connectivity index (χ1v) is 9.63. The first-order valence-electron chi connectivity index (χ1n) is 8.75. The maximum Gasteiger partial charge on any atom is 0.254 e. The van der Waals surface area contributed by atoms with E-state index in [1.54, 1.807) is 35.7 Å². The number of hydrogen-bond donors (Lipinski definition) is 0. The van der Waals surface area contributed by atoms with Gasteiger partial charge in [0.15, 0.2) is 6.10 Å². The zero-order valence-corrected chi connectivity index (χ0v) is 15.4. The molecule has 0 bridgehead atoms. The maximum absolute atomic E-state index is 13.2. The molecule has 0 radical (unpaired) electrons. The summed E-state index contributed by atoms with van der Waals surface area (Å²) in [4.78, 5) is 34.5. The summed E-state index contributed by atoms with van der Waals surface area (Å²) in [5.74, 6) is -0.156. The Morgan fingerprint density at radius 3 is 2.88 bits per heavy atom. The van der Waals surface area contributed by atoms with Crippen molar-refractivity contribution in [2.75, 3.05) is 13.7 Å². The molecule has 2 aromatic rings. The third kappa shape index (κ3) is 3.37. The van der Waals surface area contributed by atoms with Gasteiger partial charge in [-0.2, -0.15) is 0 Å². The molecule has 26 heavy (non-hydrogen) atoms. The Bertz CT molecular complexity index is 777. The third-order valence-corrected chi connectivity index (χ3v) is 5.68. The number of aromatic nitrogens is 1. The van der Waals surface area contributed by atoms with Crippen LogP contribution in [-0.4, -0.2) is 52.4 Å². The van der Waals surface area contributed by atoms with E-state index in [9.17, 15) is 9.59 Å². The van der Waals surface area contributed by atoms with Crippen LogP contribution >= 0.6 is 11.3 Å². The molecule has 3 heterocycles. The van der Waals surface area contributed by atoms with E-state index in [2.05, 4.69) is 4.98 Å². The summed E-state index contributed by atoms with van der Waals surface area (Å²) < 4.78 is 5.76. The zero-order valence-electron chi connectivity index (χ0n) is 14.6. The summed E-state index contributed by atoms with van der Waals surface area (Å²) in [6.07, 6.45) is 4.67. The van der Waals surface area contributed by atoms with Gasteiger partial charge in [0.2, 0.25) is 5.91 Å². The molecule has 6 nitrogen and oxygen atoms in total. The standard InChI is InChI=1S/C19H21N3O3S/c1-21(11-15-5-3-9-26-15)19(24)18-17(13-4-2-8-20-10-13)22(14-6-7-14)16(23)12-25-18/h2-5,8-10,14,17-18H,6-7,11-12H2,1H3/t17-,18+/m1/s1. The first-order chi connectivity index (χ1) is 12.6. The minimum Gasteiger partial charge on any atom is -0.356 e. The molecule has 1 aliphatic heterocycles. The number of nitrogens with zero attached hydrogens (tertiary/aromatic N) is 3. The highest BCUT2D eigenvalue weighted by molar-refractivity contribution is 7.09. The Kier molecular flexibility index (Phi) is 4.74. The fourth-order valence-electron chi connectivity index (χ4n) is 3.44. The van der Waals surface area contributed by atoms with Crippen LogP contribution in [0.5, 0.6) is 0 Å². The quantitative estimate of drug-likeness (QED) is 0.809. The van der Waals surface area contributed by atoms with Crippen LogP contribution in [0.1, 0.15) is 29.3 Å². The lowest BCUT2D eigenvalue weighted by atomic mass is 9.98. The zero-order chi connectivity index (χ0) is 18.1. The highest BCUT2D eigenvalue weighted by atomic mass is 32.1. The van der Waals surface area contributed by atoms with Gasteiger partial charge in [-0.3, -0.25) is 14.6 Å². The largest absolute Gasteiger partial charge is 0.356 e. The maximum atomic E-state index is 13.2. The second kappa shape index (κ2) is 7.17. The molecule has 2 atom stereocenters. The summed E-state index contributed by atoms with van der Waals surface area (Å²) in [7, 11) is 1.78. The number of likely N-dealkylation sites (N-methyl/N-ethyl adjacent to an activating group) is 1. The number of hydrogen-bond acceptors (Lipinski definition) is 5. The number of amides is 2. The monoisotopic (exact) mass is 371 g/mol. The number of pyridine rings is 1. The van der Waals surface area contributed by atoms with E-state index in [0.29, 0.717) is 6.54 Å². The molecule has 0 aromatic carbocycles. The molecular weight excluding hydrogens is 350 g/mol. The van der Waals surface area contributed by atoms with Gasteiger partial charge >= 0.3 is 0 Å². The van der Waals surface area contributed by atoms with Gasteiger partial charge < -0.3 is 14.5 Å². The predicted molar refractivity (Wildman–Crippen MR) is 97.4 cm³/mol. The van der Waals surface area contributed by atoms with E-state index in [0.717, 1.165) is 23.3 Å². The Morgan fingerprint density at radius 1 is 1.38 bits per heavy atom. The second-order valence-corrected chi connectivity index (χ2v) is 7.80. The van der Waals surface area contributed by atoms with E-state index in [1.807, 2.05) is 34.5 Å². The van der Waals surface area contributed by atoms with Crippen molar-refractivity contribution in [3.63, 3.8) is 0 Å². The molecule has 136 valence electrons. The number of carbonyl (C=O) groups is 2. The lowest BCUT2D eigenvalue weighted by Gasteiger charge is -2.41. The van der Waals surface area contributed by atoms with E-state index in [4.69, 9.17) is 4.74 Å². The molecule has 7 heteroatoms. The minimum absolute atomic E-state index is 0.0451. The van der Waals surface area contributed by atoms with E-state index in [-0.39, 0.29) is 24.5 Å². The van der Waals surface area contributed by atoms with Gasteiger partial charge in [0, 0.05) is 30.4 Å². The number of ether oxygens (including phenoxy) is 1. The molecule has 0 unspecified atom stereocenters. The Balaban J connectivity index is 1.61. The van der Waals surface area contributed by atoms with Crippen LogP contribution in [0.2, 0.25) is 0 Å². The molecule has 4 rings (SSSR count). The van der Waals surface area contributed by atoms with Crippen LogP contribution in [0.4, 0.5) is 0 Å². The van der Waals surface area contributed by atoms with E-state index in [1.165, 1.54) is 0 Å². The molecule has 0 N–H and O–H groups in total. The summed E-state index contributed by atoms with van der Waals surface area (Å²) in [6, 6.07) is 7.51. The van der Waals surface area contributed by atoms with Crippen molar-refractivity contribution in [1.82, 2.24) is 14.8 Å². The van der Waals surface area contributed by atoms with Crippen LogP contribution in [0.3, 0.4) is 0 Å². The molecule has 1 saturated carbocycles. The topological polar surface area (TPSA) is 62.7 Å². The summed E-state index contributed by atoms with van der Waals surface area (Å²) in [6.45, 7) is 0.490. The van der Waals surface area contributed by atoms with Crippen LogP contribution in [0.15, 0.2) is 42.0 Å². The van der Waals surface area contributed by atoms with Gasteiger partial charge in [-0.05, 0) is 35.9 Å². The fourth-order valence-corrected chi connectivity index (χ4v) is 4.19. The Hall–Kier alpha value is -2.25. The normalized spacial score (nSPS) is 23.1. The molecule has 0 spiro atoms. The SMILES string of the molecule is CN(Cc1cccs1)C(=O)[C@H]1OCC(=O)N(C2CC2)[C@@H]1c1cccnc1. The highest BCUT2D eigenvalue weighted by Crippen LogP contribution is 2.39. The number of rotatable bonds is 5. The fraction of sp³-hybridized carbons (Fsp3) is 0.421. The van der Waals surface area contributed by atoms with Crippen molar-refractivity contribution in [3.8, 4) is 0 Å². The minimum atomic E-state index is -0.706. The molecule has 1 aliphatic carbocycles. The number of morpholine rings is 1. The predicted octanol–water partition coefficient (Wildman–Crippen LogP) is 2.23. The van der Waals surface area contributed by atoms with Crippen molar-refractivity contribution in [2.24, 2.45) is 0 Å². The lowest BCUT2D eigenvalue weighted by molar-refractivity contribution is -0.170. The van der Waals surface area contributed by atoms with Gasteiger partial charge in [0.1, 0.15) is 6.61 Å². The average Bonchev–Trinajstić information content (AvgIpc) is 3.37. The molecule has 2 fully saturated rings. The Morgan fingerprint density at radius 2 is 2.23 bits per heavy atom. The van der Waals surface area contributed by atoms with Crippen molar-refractivity contribution < 1.29 is 14.3 Å². The van der Waals surface area contributed by atoms with Crippen LogP contribution in [0.25, 0.3) is 0 Å². The van der Waals surface area contributed by atoms with Crippen LogP contribution < -0.4 is 0 Å². The van der Waals surface area contributed by atoms with Gasteiger partial charge in [-0.1, -0.05) is 12.1 Å². The number of thiophene rings is 1. The lowest BCUT2D eigenvalue weighted by Crippen LogP contribution is -2.55. The molecule has 2 aromatic heterocycles. The molecule has 1 saturated heterocycles. The summed E-state index contributed by atoms with van der Waals surface area (Å²) >= 11 is 1.62. The van der Waals surface area contributed by atoms with Gasteiger partial charge in [0.05, 0.1) is 12.6 Å². The van der Waals surface area contributed by atoms with Crippen LogP contribution in [-0.2, 0) is 20.9 Å². The number of carbonyl (C=O) groups excluding carboxylic acids is 2. The van der Waals surface area contributed by atoms with Gasteiger partial charge in [0.25, 0.3) is 5.91 Å². The third-order valence-electron chi connectivity index (χ3n) is 4.82. The van der Waals surface area contributed by atoms with Crippen LogP contribution in [0, 0.1) is 0 Å². The van der Waals surface area contributed by atoms with Crippen molar-refractivity contribution in [3.05, 3.63) is 52.5 Å². The van der Waals surface area contributed by atoms with E-state index >= 15 is 0 Å². The molecular formula is C19H21N3O3S. The first kappa shape index (κ1) is 17.2. The van der Waals surface area contributed by atoms with Crippen molar-refractivity contribution >= 4 is 23.2 Å². The second-order valence-electron chi connectivity index (χ2n) is 6.77. The summed E-state index contributed by atoms with van der Waals surface area (Å²) in [5.41, 5.74) is 0.843. The molecule has 2 aliphatic rings. The van der Waals surface area contributed by atoms with Crippen molar-refractivity contribution in [2.45, 2.75) is 37.6 Å².